The van der Waals surface area contributed by atoms with Crippen LogP contribution in [0.5, 0.6) is 11.5 Å². The van der Waals surface area contributed by atoms with Crippen LogP contribution < -0.4 is 14.8 Å². The predicted octanol–water partition coefficient (Wildman–Crippen LogP) is 3.39. The van der Waals surface area contributed by atoms with Crippen LogP contribution in [0.2, 0.25) is 0 Å². The number of carbonyl (C=O) groups excluding carboxylic acids is 1. The summed E-state index contributed by atoms with van der Waals surface area (Å²) >= 11 is 0. The number of hydrogen-bond acceptors (Lipinski definition) is 5. The van der Waals surface area contributed by atoms with Gasteiger partial charge in [0.05, 0.1) is 19.1 Å². The predicted molar refractivity (Wildman–Crippen MR) is 114 cm³/mol. The molecule has 1 amide bonds. The normalized spacial score (nSPS) is 11.6. The number of anilines is 1. The van der Waals surface area contributed by atoms with Crippen LogP contribution in [0.15, 0.2) is 53.4 Å². The van der Waals surface area contributed by atoms with Crippen molar-refractivity contribution < 1.29 is 22.7 Å². The number of methoxy groups -OCH3 is 2. The number of nitrogens with zero attached hydrogens (tertiary/aromatic N) is 1. The lowest BCUT2D eigenvalue weighted by Gasteiger charge is -2.18. The fourth-order valence-electron chi connectivity index (χ4n) is 2.76. The highest BCUT2D eigenvalue weighted by atomic mass is 32.2. The van der Waals surface area contributed by atoms with Crippen LogP contribution in [-0.2, 0) is 14.8 Å². The summed E-state index contributed by atoms with van der Waals surface area (Å²) < 4.78 is 37.1. The van der Waals surface area contributed by atoms with Crippen molar-refractivity contribution in [2.24, 2.45) is 0 Å². The monoisotopic (exact) mass is 418 g/mol. The second kappa shape index (κ2) is 10.1. The highest BCUT2D eigenvalue weighted by Gasteiger charge is 2.21. The summed E-state index contributed by atoms with van der Waals surface area (Å²) in [6, 6.07) is 11.5. The molecule has 0 unspecified atom stereocenters. The molecule has 8 heteroatoms. The molecule has 0 spiro atoms. The van der Waals surface area contributed by atoms with E-state index in [-0.39, 0.29) is 10.8 Å². The molecule has 156 valence electrons. The number of benzene rings is 2. The van der Waals surface area contributed by atoms with E-state index >= 15 is 0 Å². The van der Waals surface area contributed by atoms with Crippen LogP contribution in [0.25, 0.3) is 6.08 Å². The van der Waals surface area contributed by atoms with Gasteiger partial charge in [-0.2, -0.15) is 4.31 Å². The molecule has 2 rings (SSSR count). The van der Waals surface area contributed by atoms with E-state index in [0.717, 1.165) is 5.56 Å². The Hall–Kier alpha value is -2.84. The van der Waals surface area contributed by atoms with Gasteiger partial charge in [-0.1, -0.05) is 26.0 Å². The Morgan fingerprint density at radius 2 is 1.72 bits per heavy atom. The summed E-state index contributed by atoms with van der Waals surface area (Å²) in [5, 5.41) is 2.69. The molecule has 0 atom stereocenters. The second-order valence-corrected chi connectivity index (χ2v) is 7.99. The third-order valence-electron chi connectivity index (χ3n) is 4.28. The highest BCUT2D eigenvalue weighted by Crippen LogP contribution is 2.28. The molecule has 1 N–H and O–H groups in total. The SMILES string of the molecule is CCN(CC)S(=O)(=O)c1cccc(NC(=O)C=Cc2ccc(OC)c(OC)c2)c1. The van der Waals surface area contributed by atoms with Gasteiger partial charge < -0.3 is 14.8 Å². The first-order valence-corrected chi connectivity index (χ1v) is 10.6. The van der Waals surface area contributed by atoms with E-state index in [2.05, 4.69) is 5.32 Å². The van der Waals surface area contributed by atoms with Gasteiger partial charge in [-0.3, -0.25) is 4.79 Å². The lowest BCUT2D eigenvalue weighted by molar-refractivity contribution is -0.111. The summed E-state index contributed by atoms with van der Waals surface area (Å²) in [4.78, 5) is 12.4. The summed E-state index contributed by atoms with van der Waals surface area (Å²) in [5.74, 6) is 0.780. The molecule has 0 aliphatic heterocycles. The maximum Gasteiger partial charge on any atom is 0.248 e. The van der Waals surface area contributed by atoms with Crippen molar-refractivity contribution in [1.82, 2.24) is 4.31 Å². The topological polar surface area (TPSA) is 84.9 Å². The van der Waals surface area contributed by atoms with Crippen LogP contribution >= 0.6 is 0 Å². The molecular weight excluding hydrogens is 392 g/mol. The smallest absolute Gasteiger partial charge is 0.248 e. The van der Waals surface area contributed by atoms with Gasteiger partial charge in [0.25, 0.3) is 0 Å². The average molecular weight is 419 g/mol. The Balaban J connectivity index is 2.15. The van der Waals surface area contributed by atoms with Gasteiger partial charge in [0.2, 0.25) is 15.9 Å². The molecular formula is C21H26N2O5S. The maximum absolute atomic E-state index is 12.6. The van der Waals surface area contributed by atoms with Crippen molar-refractivity contribution in [3.63, 3.8) is 0 Å². The van der Waals surface area contributed by atoms with E-state index in [1.807, 2.05) is 0 Å². The molecule has 0 aliphatic rings. The first kappa shape index (κ1) is 22.4. The van der Waals surface area contributed by atoms with Crippen LogP contribution in [0.3, 0.4) is 0 Å². The lowest BCUT2D eigenvalue weighted by atomic mass is 10.2. The van der Waals surface area contributed by atoms with Gasteiger partial charge in [0.1, 0.15) is 0 Å². The number of ether oxygens (including phenoxy) is 2. The van der Waals surface area contributed by atoms with Crippen molar-refractivity contribution in [2.45, 2.75) is 18.7 Å². The van der Waals surface area contributed by atoms with Crippen molar-refractivity contribution in [1.29, 1.82) is 0 Å². The van der Waals surface area contributed by atoms with E-state index < -0.39 is 10.0 Å². The Kier molecular flexibility index (Phi) is 7.81. The third kappa shape index (κ3) is 5.58. The fourth-order valence-corrected chi connectivity index (χ4v) is 4.26. The lowest BCUT2D eigenvalue weighted by Crippen LogP contribution is -2.30. The van der Waals surface area contributed by atoms with E-state index in [1.54, 1.807) is 57.4 Å². The van der Waals surface area contributed by atoms with Crippen molar-refractivity contribution in [3.05, 3.63) is 54.1 Å². The standard InChI is InChI=1S/C21H26N2O5S/c1-5-23(6-2)29(25,26)18-9-7-8-17(15-18)22-21(24)13-11-16-10-12-19(27-3)20(14-16)28-4/h7-15H,5-6H2,1-4H3,(H,22,24). The molecule has 0 bridgehead atoms. The number of amides is 1. The van der Waals surface area contributed by atoms with Crippen LogP contribution in [0, 0.1) is 0 Å². The molecule has 2 aromatic carbocycles. The largest absolute Gasteiger partial charge is 0.493 e. The highest BCUT2D eigenvalue weighted by molar-refractivity contribution is 7.89. The Bertz CT molecular complexity index is 982. The summed E-state index contributed by atoms with van der Waals surface area (Å²) in [7, 11) is -0.501. The summed E-state index contributed by atoms with van der Waals surface area (Å²) in [5.41, 5.74) is 1.16. The van der Waals surface area contributed by atoms with E-state index in [1.165, 1.54) is 29.6 Å². The Morgan fingerprint density at radius 1 is 1.03 bits per heavy atom. The van der Waals surface area contributed by atoms with Crippen LogP contribution in [0.4, 0.5) is 5.69 Å². The number of rotatable bonds is 9. The second-order valence-electron chi connectivity index (χ2n) is 6.05. The van der Waals surface area contributed by atoms with Crippen molar-refractivity contribution >= 4 is 27.7 Å². The van der Waals surface area contributed by atoms with Gasteiger partial charge in [-0.25, -0.2) is 8.42 Å². The number of carbonyl (C=O) groups is 1. The van der Waals surface area contributed by atoms with Gasteiger partial charge >= 0.3 is 0 Å². The quantitative estimate of drug-likeness (QED) is 0.631. The summed E-state index contributed by atoms with van der Waals surface area (Å²) in [6.07, 6.45) is 3.00. The molecule has 0 saturated carbocycles. The molecule has 0 fully saturated rings. The van der Waals surface area contributed by atoms with E-state index in [0.29, 0.717) is 30.3 Å². The average Bonchev–Trinajstić information content (AvgIpc) is 2.72. The molecule has 0 heterocycles. The van der Waals surface area contributed by atoms with E-state index in [4.69, 9.17) is 9.47 Å². The maximum atomic E-state index is 12.6. The molecule has 0 aliphatic carbocycles. The minimum atomic E-state index is -3.59. The Morgan fingerprint density at radius 3 is 2.34 bits per heavy atom. The molecule has 0 saturated heterocycles. The number of sulfonamides is 1. The van der Waals surface area contributed by atoms with Crippen LogP contribution in [0.1, 0.15) is 19.4 Å². The number of nitrogens with one attached hydrogen (secondary N) is 1. The minimum absolute atomic E-state index is 0.142. The van der Waals surface area contributed by atoms with Crippen molar-refractivity contribution in [2.75, 3.05) is 32.6 Å². The molecule has 0 aromatic heterocycles. The minimum Gasteiger partial charge on any atom is -0.493 e. The van der Waals surface area contributed by atoms with Gasteiger partial charge in [-0.15, -0.1) is 0 Å². The first-order chi connectivity index (χ1) is 13.8. The van der Waals surface area contributed by atoms with Crippen molar-refractivity contribution in [3.8, 4) is 11.5 Å². The number of hydrogen-bond donors (Lipinski definition) is 1. The first-order valence-electron chi connectivity index (χ1n) is 9.17. The molecule has 0 radical (unpaired) electrons. The van der Waals surface area contributed by atoms with Gasteiger partial charge in [-0.05, 0) is 42.0 Å². The van der Waals surface area contributed by atoms with Crippen LogP contribution in [-0.4, -0.2) is 45.9 Å². The van der Waals surface area contributed by atoms with Gasteiger partial charge in [0.15, 0.2) is 11.5 Å². The zero-order valence-corrected chi connectivity index (χ0v) is 17.8. The van der Waals surface area contributed by atoms with Gasteiger partial charge in [0, 0.05) is 24.9 Å². The molecule has 2 aromatic rings. The Labute approximate surface area is 172 Å². The third-order valence-corrected chi connectivity index (χ3v) is 6.33. The zero-order chi connectivity index (χ0) is 21.4. The molecule has 7 nitrogen and oxygen atoms in total. The summed E-state index contributed by atoms with van der Waals surface area (Å²) in [6.45, 7) is 4.32. The fraction of sp³-hybridized carbons (Fsp3) is 0.286. The zero-order valence-electron chi connectivity index (χ0n) is 17.0. The molecule has 29 heavy (non-hydrogen) atoms. The van der Waals surface area contributed by atoms with E-state index in [9.17, 15) is 13.2 Å².